The summed E-state index contributed by atoms with van der Waals surface area (Å²) in [5.41, 5.74) is 6.75. The lowest BCUT2D eigenvalue weighted by atomic mass is 9.71. The van der Waals surface area contributed by atoms with Gasteiger partial charge in [-0.1, -0.05) is 95.2 Å². The Morgan fingerprint density at radius 2 is 1.57 bits per heavy atom. The van der Waals surface area contributed by atoms with Crippen LogP contribution in [0.25, 0.3) is 0 Å². The van der Waals surface area contributed by atoms with Crippen molar-refractivity contribution in [2.75, 3.05) is 0 Å². The first kappa shape index (κ1) is 24.5. The second kappa shape index (κ2) is 11.6. The van der Waals surface area contributed by atoms with Gasteiger partial charge in [-0.3, -0.25) is 0 Å². The minimum absolute atomic E-state index is 0.290. The number of fused-ring (bicyclic) bond motifs is 1. The molecule has 0 spiro atoms. The van der Waals surface area contributed by atoms with Crippen LogP contribution in [0.15, 0.2) is 60.8 Å². The van der Waals surface area contributed by atoms with Gasteiger partial charge in [0, 0.05) is 5.70 Å². The first-order valence-electron chi connectivity index (χ1n) is 12.1. The maximum Gasteiger partial charge on any atom is 0.0502 e. The minimum atomic E-state index is 0.290. The van der Waals surface area contributed by atoms with Gasteiger partial charge in [-0.2, -0.15) is 0 Å². The number of nitrogens with one attached hydrogen (secondary N) is 1. The third-order valence-electron chi connectivity index (χ3n) is 7.12. The van der Waals surface area contributed by atoms with Crippen molar-refractivity contribution in [2.24, 2.45) is 23.7 Å². The molecule has 0 fully saturated rings. The van der Waals surface area contributed by atoms with Crippen molar-refractivity contribution in [3.63, 3.8) is 0 Å². The zero-order valence-corrected chi connectivity index (χ0v) is 20.3. The smallest absolute Gasteiger partial charge is 0.0502 e. The van der Waals surface area contributed by atoms with Gasteiger partial charge in [0.15, 0.2) is 0 Å². The first-order valence-corrected chi connectivity index (χ1v) is 12.1. The van der Waals surface area contributed by atoms with Crippen LogP contribution in [-0.2, 0) is 12.8 Å². The predicted octanol–water partition coefficient (Wildman–Crippen LogP) is 7.88. The molecule has 1 N–H and O–H groups in total. The molecule has 1 aromatic carbocycles. The molecule has 30 heavy (non-hydrogen) atoms. The molecular formula is C29H45N. The Hall–Kier alpha value is -1.76. The summed E-state index contributed by atoms with van der Waals surface area (Å²) in [5.74, 6) is 2.45. The summed E-state index contributed by atoms with van der Waals surface area (Å²) in [6.45, 7) is 24.6. The van der Waals surface area contributed by atoms with Crippen LogP contribution in [0.3, 0.4) is 0 Å². The van der Waals surface area contributed by atoms with Crippen LogP contribution in [0, 0.1) is 23.7 Å². The van der Waals surface area contributed by atoms with Crippen LogP contribution in [0.5, 0.6) is 0 Å². The SMILES string of the molecule is C=C(C)NC(C(=C)CC(C(C)CCC)C(CCC)C(=C)C)C1Cc2ccccc2C1. The normalized spacial score (nSPS) is 17.6. The van der Waals surface area contributed by atoms with E-state index in [4.69, 9.17) is 0 Å². The fraction of sp³-hybridized carbons (Fsp3) is 0.586. The van der Waals surface area contributed by atoms with Crippen molar-refractivity contribution in [2.45, 2.75) is 85.6 Å². The van der Waals surface area contributed by atoms with Gasteiger partial charge in [-0.25, -0.2) is 0 Å². The van der Waals surface area contributed by atoms with Gasteiger partial charge >= 0.3 is 0 Å². The zero-order chi connectivity index (χ0) is 22.3. The Morgan fingerprint density at radius 1 is 1.00 bits per heavy atom. The Labute approximate surface area is 186 Å². The molecule has 2 rings (SSSR count). The standard InChI is InChI=1S/C29H45N/c1-9-13-22(7)28(27(14-10-2)20(3)4)17-23(8)29(30-21(5)6)26-18-24-15-11-12-16-25(24)19-26/h11-12,15-16,22,26-30H,3,5,8-10,13-14,17-19H2,1-2,4,6-7H3. The van der Waals surface area contributed by atoms with Crippen LogP contribution < -0.4 is 5.32 Å². The van der Waals surface area contributed by atoms with E-state index in [2.05, 4.69) is 83.9 Å². The van der Waals surface area contributed by atoms with Gasteiger partial charge in [-0.05, 0) is 74.3 Å². The Bertz CT molecular complexity index is 703. The van der Waals surface area contributed by atoms with Gasteiger partial charge in [0.25, 0.3) is 0 Å². The zero-order valence-electron chi connectivity index (χ0n) is 20.3. The van der Waals surface area contributed by atoms with E-state index in [0.717, 1.165) is 25.0 Å². The highest BCUT2D eigenvalue weighted by Gasteiger charge is 2.33. The molecule has 0 radical (unpaired) electrons. The van der Waals surface area contributed by atoms with Crippen molar-refractivity contribution in [1.82, 2.24) is 5.32 Å². The quantitative estimate of drug-likeness (QED) is 0.328. The van der Waals surface area contributed by atoms with Crippen LogP contribution >= 0.6 is 0 Å². The fourth-order valence-electron chi connectivity index (χ4n) is 5.62. The van der Waals surface area contributed by atoms with E-state index in [1.165, 1.54) is 48.0 Å². The van der Waals surface area contributed by atoms with Gasteiger partial charge in [0.2, 0.25) is 0 Å². The van der Waals surface area contributed by atoms with Crippen molar-refractivity contribution in [3.05, 3.63) is 72.0 Å². The first-order chi connectivity index (χ1) is 14.3. The van der Waals surface area contributed by atoms with Crippen molar-refractivity contribution in [3.8, 4) is 0 Å². The van der Waals surface area contributed by atoms with Gasteiger partial charge in [0.1, 0.15) is 0 Å². The van der Waals surface area contributed by atoms with E-state index < -0.39 is 0 Å². The summed E-state index contributed by atoms with van der Waals surface area (Å²) in [6.07, 6.45) is 8.31. The highest BCUT2D eigenvalue weighted by atomic mass is 14.9. The van der Waals surface area contributed by atoms with Crippen LogP contribution in [0.4, 0.5) is 0 Å². The van der Waals surface area contributed by atoms with E-state index in [0.29, 0.717) is 29.7 Å². The summed E-state index contributed by atoms with van der Waals surface area (Å²) in [7, 11) is 0. The van der Waals surface area contributed by atoms with Crippen LogP contribution in [0.2, 0.25) is 0 Å². The monoisotopic (exact) mass is 407 g/mol. The van der Waals surface area contributed by atoms with E-state index in [1.54, 1.807) is 0 Å². The molecule has 4 atom stereocenters. The molecule has 0 saturated carbocycles. The second-order valence-corrected chi connectivity index (χ2v) is 9.87. The molecule has 0 bridgehead atoms. The molecule has 1 aliphatic rings. The molecule has 0 heterocycles. The largest absolute Gasteiger partial charge is 0.382 e. The average molecular weight is 408 g/mol. The van der Waals surface area contributed by atoms with E-state index in [9.17, 15) is 0 Å². The fourth-order valence-corrected chi connectivity index (χ4v) is 5.62. The third-order valence-corrected chi connectivity index (χ3v) is 7.12. The molecule has 1 aliphatic carbocycles. The molecular weight excluding hydrogens is 362 g/mol. The van der Waals surface area contributed by atoms with Gasteiger partial charge in [-0.15, -0.1) is 0 Å². The van der Waals surface area contributed by atoms with Crippen molar-refractivity contribution in [1.29, 1.82) is 0 Å². The molecule has 1 aromatic rings. The predicted molar refractivity (Wildman–Crippen MR) is 134 cm³/mol. The number of hydrogen-bond acceptors (Lipinski definition) is 1. The number of benzene rings is 1. The molecule has 0 amide bonds. The number of rotatable bonds is 13. The summed E-state index contributed by atoms with van der Waals surface area (Å²) in [4.78, 5) is 0. The molecule has 0 aliphatic heterocycles. The summed E-state index contributed by atoms with van der Waals surface area (Å²) < 4.78 is 0. The topological polar surface area (TPSA) is 12.0 Å². The lowest BCUT2D eigenvalue weighted by molar-refractivity contribution is 0.233. The minimum Gasteiger partial charge on any atom is -0.382 e. The molecule has 0 saturated heterocycles. The maximum atomic E-state index is 4.67. The lowest BCUT2D eigenvalue weighted by Crippen LogP contribution is -2.38. The highest BCUT2D eigenvalue weighted by Crippen LogP contribution is 2.39. The lowest BCUT2D eigenvalue weighted by Gasteiger charge is -2.36. The van der Waals surface area contributed by atoms with E-state index in [-0.39, 0.29) is 0 Å². The Morgan fingerprint density at radius 3 is 2.03 bits per heavy atom. The summed E-state index contributed by atoms with van der Waals surface area (Å²) >= 11 is 0. The van der Waals surface area contributed by atoms with Crippen LogP contribution in [-0.4, -0.2) is 6.04 Å². The Balaban J connectivity index is 2.24. The Kier molecular flexibility index (Phi) is 9.46. The number of hydrogen-bond donors (Lipinski definition) is 1. The molecule has 4 unspecified atom stereocenters. The molecule has 166 valence electrons. The molecule has 0 aromatic heterocycles. The summed E-state index contributed by atoms with van der Waals surface area (Å²) in [5, 5.41) is 3.72. The van der Waals surface area contributed by atoms with E-state index in [1.807, 2.05) is 0 Å². The van der Waals surface area contributed by atoms with Crippen LogP contribution in [0.1, 0.15) is 77.8 Å². The third kappa shape index (κ3) is 6.37. The van der Waals surface area contributed by atoms with Gasteiger partial charge in [0.05, 0.1) is 6.04 Å². The van der Waals surface area contributed by atoms with Gasteiger partial charge < -0.3 is 5.32 Å². The van der Waals surface area contributed by atoms with Crippen molar-refractivity contribution >= 4 is 0 Å². The van der Waals surface area contributed by atoms with Crippen molar-refractivity contribution < 1.29 is 0 Å². The average Bonchev–Trinajstić information content (AvgIpc) is 3.12. The maximum absolute atomic E-state index is 4.67. The van der Waals surface area contributed by atoms with E-state index >= 15 is 0 Å². The second-order valence-electron chi connectivity index (χ2n) is 9.87. The number of allylic oxidation sites excluding steroid dienone is 2. The molecule has 1 heteroatoms. The highest BCUT2D eigenvalue weighted by molar-refractivity contribution is 5.34. The summed E-state index contributed by atoms with van der Waals surface area (Å²) in [6, 6.07) is 9.21. The molecule has 1 nitrogen and oxygen atoms in total.